The Morgan fingerprint density at radius 1 is 1.19 bits per heavy atom. The fourth-order valence-corrected chi connectivity index (χ4v) is 6.59. The molecule has 1 N–H and O–H groups in total. The van der Waals surface area contributed by atoms with Crippen molar-refractivity contribution in [3.63, 3.8) is 0 Å². The van der Waals surface area contributed by atoms with E-state index in [4.69, 9.17) is 0 Å². The molecule has 1 aromatic carbocycles. The highest BCUT2D eigenvalue weighted by molar-refractivity contribution is 7.99. The van der Waals surface area contributed by atoms with E-state index in [1.165, 1.54) is 0 Å². The number of benzene rings is 1. The number of sulfone groups is 1. The number of anilines is 1. The van der Waals surface area contributed by atoms with E-state index in [0.717, 1.165) is 10.6 Å². The van der Waals surface area contributed by atoms with E-state index in [0.29, 0.717) is 50.3 Å². The first-order valence-corrected chi connectivity index (χ1v) is 12.0. The van der Waals surface area contributed by atoms with Crippen LogP contribution in [-0.2, 0) is 14.6 Å². The van der Waals surface area contributed by atoms with Gasteiger partial charge in [0.05, 0.1) is 17.2 Å². The molecule has 9 heteroatoms. The molecule has 0 radical (unpaired) electrons. The van der Waals surface area contributed by atoms with E-state index in [1.807, 2.05) is 17.0 Å². The van der Waals surface area contributed by atoms with Crippen molar-refractivity contribution in [1.82, 2.24) is 9.80 Å². The van der Waals surface area contributed by atoms with Crippen LogP contribution in [0.1, 0.15) is 23.2 Å². The quantitative estimate of drug-likeness (QED) is 0.786. The number of nitrogens with zero attached hydrogens (tertiary/aromatic N) is 2. The first-order chi connectivity index (χ1) is 12.9. The van der Waals surface area contributed by atoms with Crippen LogP contribution in [0, 0.1) is 0 Å². The third-order valence-corrected chi connectivity index (χ3v) is 8.24. The number of amides is 2. The molecule has 2 saturated heterocycles. The number of hydrogen-bond acceptors (Lipinski definition) is 6. The summed E-state index contributed by atoms with van der Waals surface area (Å²) < 4.78 is 23.4. The van der Waals surface area contributed by atoms with Crippen molar-refractivity contribution >= 4 is 39.1 Å². The van der Waals surface area contributed by atoms with Gasteiger partial charge in [-0.3, -0.25) is 14.5 Å². The molecule has 146 valence electrons. The lowest BCUT2D eigenvalue weighted by molar-refractivity contribution is -0.115. The minimum absolute atomic E-state index is 0.0222. The Hall–Kier alpha value is -1.58. The van der Waals surface area contributed by atoms with Crippen LogP contribution >= 0.6 is 11.8 Å². The Kier molecular flexibility index (Phi) is 5.17. The summed E-state index contributed by atoms with van der Waals surface area (Å²) in [5.74, 6) is 1.19. The first-order valence-electron chi connectivity index (χ1n) is 9.22. The van der Waals surface area contributed by atoms with E-state index in [9.17, 15) is 18.0 Å². The number of carbonyl (C=O) groups excluding carboxylic acids is 2. The second kappa shape index (κ2) is 7.44. The second-order valence-electron chi connectivity index (χ2n) is 7.24. The smallest absolute Gasteiger partial charge is 0.254 e. The molecule has 0 aromatic heterocycles. The molecular weight excluding hydrogens is 386 g/mol. The molecule has 7 nitrogen and oxygen atoms in total. The molecule has 0 aliphatic carbocycles. The van der Waals surface area contributed by atoms with Gasteiger partial charge in [0.2, 0.25) is 5.91 Å². The van der Waals surface area contributed by atoms with Crippen LogP contribution in [0.3, 0.4) is 0 Å². The Bertz CT molecular complexity index is 863. The Morgan fingerprint density at radius 3 is 2.67 bits per heavy atom. The van der Waals surface area contributed by atoms with Gasteiger partial charge in [0, 0.05) is 54.9 Å². The highest BCUT2D eigenvalue weighted by Crippen LogP contribution is 2.32. The lowest BCUT2D eigenvalue weighted by Crippen LogP contribution is -2.52. The summed E-state index contributed by atoms with van der Waals surface area (Å²) in [6.45, 7) is 2.58. The maximum absolute atomic E-state index is 12.9. The van der Waals surface area contributed by atoms with Crippen LogP contribution in [0.15, 0.2) is 23.1 Å². The molecule has 1 aromatic rings. The van der Waals surface area contributed by atoms with Crippen molar-refractivity contribution in [3.05, 3.63) is 23.8 Å². The van der Waals surface area contributed by atoms with Crippen LogP contribution in [0.5, 0.6) is 0 Å². The third-order valence-electron chi connectivity index (χ3n) is 5.41. The highest BCUT2D eigenvalue weighted by Gasteiger charge is 2.34. The SMILES string of the molecule is O=C1CCSc2ccc(C(=O)N3CCN(C4CCS(=O)(=O)C4)CC3)cc2N1. The van der Waals surface area contributed by atoms with E-state index in [2.05, 4.69) is 10.2 Å². The summed E-state index contributed by atoms with van der Waals surface area (Å²) in [6.07, 6.45) is 1.17. The van der Waals surface area contributed by atoms with Gasteiger partial charge in [-0.05, 0) is 24.6 Å². The summed E-state index contributed by atoms with van der Waals surface area (Å²) in [4.78, 5) is 29.6. The molecule has 2 amide bonds. The minimum Gasteiger partial charge on any atom is -0.336 e. The zero-order valence-corrected chi connectivity index (χ0v) is 16.7. The molecule has 3 aliphatic rings. The van der Waals surface area contributed by atoms with E-state index >= 15 is 0 Å². The summed E-state index contributed by atoms with van der Waals surface area (Å²) in [7, 11) is -2.89. The molecule has 0 saturated carbocycles. The Labute approximate surface area is 163 Å². The first kappa shape index (κ1) is 18.8. The summed E-state index contributed by atoms with van der Waals surface area (Å²) >= 11 is 1.62. The van der Waals surface area contributed by atoms with E-state index in [1.54, 1.807) is 17.8 Å². The van der Waals surface area contributed by atoms with Gasteiger partial charge < -0.3 is 10.2 Å². The third kappa shape index (κ3) is 4.14. The van der Waals surface area contributed by atoms with Crippen molar-refractivity contribution in [2.75, 3.05) is 48.8 Å². The Balaban J connectivity index is 1.40. The zero-order valence-electron chi connectivity index (χ0n) is 15.0. The van der Waals surface area contributed by atoms with Crippen LogP contribution in [-0.4, -0.2) is 79.5 Å². The van der Waals surface area contributed by atoms with Gasteiger partial charge in [-0.2, -0.15) is 0 Å². The average molecular weight is 410 g/mol. The number of rotatable bonds is 2. The number of nitrogens with one attached hydrogen (secondary N) is 1. The monoisotopic (exact) mass is 409 g/mol. The van der Waals surface area contributed by atoms with Gasteiger partial charge in [-0.25, -0.2) is 8.42 Å². The zero-order chi connectivity index (χ0) is 19.0. The van der Waals surface area contributed by atoms with E-state index < -0.39 is 9.84 Å². The highest BCUT2D eigenvalue weighted by atomic mass is 32.2. The lowest BCUT2D eigenvalue weighted by Gasteiger charge is -2.37. The van der Waals surface area contributed by atoms with Gasteiger partial charge in [0.25, 0.3) is 5.91 Å². The molecule has 1 atom stereocenters. The summed E-state index contributed by atoms with van der Waals surface area (Å²) in [5, 5.41) is 2.88. The van der Waals surface area contributed by atoms with Gasteiger partial charge in [-0.1, -0.05) is 0 Å². The molecular formula is C18H23N3O4S2. The topological polar surface area (TPSA) is 86.8 Å². The van der Waals surface area contributed by atoms with Crippen molar-refractivity contribution in [3.8, 4) is 0 Å². The van der Waals surface area contributed by atoms with Gasteiger partial charge in [0.1, 0.15) is 0 Å². The molecule has 4 rings (SSSR count). The Morgan fingerprint density at radius 2 is 1.96 bits per heavy atom. The second-order valence-corrected chi connectivity index (χ2v) is 10.6. The molecule has 1 unspecified atom stereocenters. The summed E-state index contributed by atoms with van der Waals surface area (Å²) in [5.41, 5.74) is 1.29. The molecule has 0 spiro atoms. The largest absolute Gasteiger partial charge is 0.336 e. The standard InChI is InChI=1S/C18H23N3O4S2/c22-17-3-9-26-16-2-1-13(11-15(16)19-17)18(23)21-7-5-20(6-8-21)14-4-10-27(24,25)12-14/h1-2,11,14H,3-10,12H2,(H,19,22). The normalized spacial score (nSPS) is 25.6. The molecule has 3 heterocycles. The van der Waals surface area contributed by atoms with Crippen LogP contribution < -0.4 is 5.32 Å². The molecule has 27 heavy (non-hydrogen) atoms. The number of thioether (sulfide) groups is 1. The predicted octanol–water partition coefficient (Wildman–Crippen LogP) is 1.07. The fraction of sp³-hybridized carbons (Fsp3) is 0.556. The lowest BCUT2D eigenvalue weighted by atomic mass is 10.1. The maximum Gasteiger partial charge on any atom is 0.254 e. The number of piperazine rings is 1. The van der Waals surface area contributed by atoms with Crippen molar-refractivity contribution in [2.24, 2.45) is 0 Å². The van der Waals surface area contributed by atoms with Gasteiger partial charge in [-0.15, -0.1) is 11.8 Å². The minimum atomic E-state index is -2.89. The van der Waals surface area contributed by atoms with Crippen LogP contribution in [0.4, 0.5) is 5.69 Å². The predicted molar refractivity (Wildman–Crippen MR) is 105 cm³/mol. The van der Waals surface area contributed by atoms with E-state index in [-0.39, 0.29) is 29.4 Å². The number of hydrogen-bond donors (Lipinski definition) is 1. The van der Waals surface area contributed by atoms with Crippen LogP contribution in [0.2, 0.25) is 0 Å². The number of fused-ring (bicyclic) bond motifs is 1. The number of carbonyl (C=O) groups is 2. The molecule has 3 aliphatic heterocycles. The maximum atomic E-state index is 12.9. The fourth-order valence-electron chi connectivity index (χ4n) is 3.89. The molecule has 0 bridgehead atoms. The summed E-state index contributed by atoms with van der Waals surface area (Å²) in [6, 6.07) is 5.58. The average Bonchev–Trinajstić information content (AvgIpc) is 2.91. The van der Waals surface area contributed by atoms with Gasteiger partial charge in [0.15, 0.2) is 9.84 Å². The van der Waals surface area contributed by atoms with Crippen molar-refractivity contribution in [1.29, 1.82) is 0 Å². The molecule has 2 fully saturated rings. The van der Waals surface area contributed by atoms with Crippen molar-refractivity contribution in [2.45, 2.75) is 23.8 Å². The van der Waals surface area contributed by atoms with Crippen molar-refractivity contribution < 1.29 is 18.0 Å². The van der Waals surface area contributed by atoms with Crippen LogP contribution in [0.25, 0.3) is 0 Å². The van der Waals surface area contributed by atoms with Gasteiger partial charge >= 0.3 is 0 Å².